The minimum Gasteiger partial charge on any atom is -0.508 e. The van der Waals surface area contributed by atoms with Gasteiger partial charge in [-0.2, -0.15) is 5.11 Å². The second-order valence-electron chi connectivity index (χ2n) is 4.84. The number of aryl methyl sites for hydroxylation is 1. The third kappa shape index (κ3) is 2.67. The van der Waals surface area contributed by atoms with Crippen LogP contribution in [-0.4, -0.2) is 15.3 Å². The zero-order valence-corrected chi connectivity index (χ0v) is 11.9. The summed E-state index contributed by atoms with van der Waals surface area (Å²) in [6.07, 6.45) is 0. The van der Waals surface area contributed by atoms with Crippen LogP contribution in [0.3, 0.4) is 0 Å². The number of benzene rings is 2. The fourth-order valence-corrected chi connectivity index (χ4v) is 2.06. The minimum atomic E-state index is -0.347. The second kappa shape index (κ2) is 5.69. The zero-order chi connectivity index (χ0) is 15.5. The molecule has 6 heteroatoms. The molecule has 0 aliphatic carbocycles. The predicted molar refractivity (Wildman–Crippen MR) is 83.9 cm³/mol. The van der Waals surface area contributed by atoms with Gasteiger partial charge in [-0.25, -0.2) is 0 Å². The molecule has 0 amide bonds. The van der Waals surface area contributed by atoms with Gasteiger partial charge in [0.05, 0.1) is 11.4 Å². The molecular weight excluding hydrogens is 280 g/mol. The number of hydrogen-bond donors (Lipinski definition) is 3. The average molecular weight is 294 g/mol. The largest absolute Gasteiger partial charge is 0.508 e. The molecule has 6 nitrogen and oxygen atoms in total. The highest BCUT2D eigenvalue weighted by molar-refractivity contribution is 5.71. The number of hydrogen-bond acceptors (Lipinski definition) is 4. The second-order valence-corrected chi connectivity index (χ2v) is 4.84. The van der Waals surface area contributed by atoms with Crippen molar-refractivity contribution >= 4 is 11.4 Å². The van der Waals surface area contributed by atoms with Crippen LogP contribution in [0.2, 0.25) is 0 Å². The highest BCUT2D eigenvalue weighted by Gasteiger charge is 2.11. The van der Waals surface area contributed by atoms with E-state index in [9.17, 15) is 9.90 Å². The SMILES string of the molecule is Cc1ccccc1N=Nc1c(-c2ccc(O)cc2)[nH][nH]c1=O. The third-order valence-electron chi connectivity index (χ3n) is 3.28. The smallest absolute Gasteiger partial charge is 0.292 e. The first kappa shape index (κ1) is 13.8. The van der Waals surface area contributed by atoms with Crippen LogP contribution in [0.4, 0.5) is 11.4 Å². The number of phenols is 1. The van der Waals surface area contributed by atoms with Crippen LogP contribution in [-0.2, 0) is 0 Å². The van der Waals surface area contributed by atoms with Gasteiger partial charge < -0.3 is 5.11 Å². The van der Waals surface area contributed by atoms with E-state index in [1.165, 1.54) is 0 Å². The van der Waals surface area contributed by atoms with Gasteiger partial charge in [0.1, 0.15) is 5.75 Å². The summed E-state index contributed by atoms with van der Waals surface area (Å²) in [5.41, 5.74) is 2.80. The lowest BCUT2D eigenvalue weighted by Crippen LogP contribution is -1.96. The number of aromatic nitrogens is 2. The molecule has 0 unspecified atom stereocenters. The van der Waals surface area contributed by atoms with Crippen molar-refractivity contribution in [3.05, 3.63) is 64.4 Å². The molecule has 1 heterocycles. The number of H-pyrrole nitrogens is 2. The molecule has 0 aliphatic heterocycles. The molecule has 22 heavy (non-hydrogen) atoms. The fraction of sp³-hybridized carbons (Fsp3) is 0.0625. The van der Waals surface area contributed by atoms with E-state index >= 15 is 0 Å². The average Bonchev–Trinajstić information content (AvgIpc) is 2.88. The monoisotopic (exact) mass is 294 g/mol. The number of azo groups is 1. The van der Waals surface area contributed by atoms with Crippen LogP contribution >= 0.6 is 0 Å². The van der Waals surface area contributed by atoms with Crippen molar-refractivity contribution in [3.8, 4) is 17.0 Å². The molecule has 0 radical (unpaired) electrons. The molecule has 3 aromatic rings. The highest BCUT2D eigenvalue weighted by atomic mass is 16.3. The maximum Gasteiger partial charge on any atom is 0.292 e. The molecule has 0 bridgehead atoms. The van der Waals surface area contributed by atoms with E-state index < -0.39 is 0 Å². The molecule has 0 atom stereocenters. The van der Waals surface area contributed by atoms with Gasteiger partial charge in [-0.1, -0.05) is 18.2 Å². The summed E-state index contributed by atoms with van der Waals surface area (Å²) in [5, 5.41) is 22.9. The predicted octanol–water partition coefficient (Wildman–Crippen LogP) is 3.80. The van der Waals surface area contributed by atoms with Crippen LogP contribution in [0, 0.1) is 6.92 Å². The number of aromatic hydroxyl groups is 1. The van der Waals surface area contributed by atoms with Crippen molar-refractivity contribution in [1.29, 1.82) is 0 Å². The van der Waals surface area contributed by atoms with Gasteiger partial charge in [0, 0.05) is 5.56 Å². The van der Waals surface area contributed by atoms with Gasteiger partial charge in [-0.15, -0.1) is 5.11 Å². The van der Waals surface area contributed by atoms with Gasteiger partial charge in [0.25, 0.3) is 5.56 Å². The molecule has 2 aromatic carbocycles. The third-order valence-corrected chi connectivity index (χ3v) is 3.28. The number of aromatic amines is 2. The van der Waals surface area contributed by atoms with Crippen LogP contribution < -0.4 is 5.56 Å². The molecule has 0 spiro atoms. The minimum absolute atomic E-state index is 0.157. The Morgan fingerprint density at radius 3 is 2.41 bits per heavy atom. The van der Waals surface area contributed by atoms with E-state index in [0.29, 0.717) is 11.4 Å². The van der Waals surface area contributed by atoms with Crippen molar-refractivity contribution in [1.82, 2.24) is 10.2 Å². The first-order chi connectivity index (χ1) is 10.6. The molecule has 0 saturated carbocycles. The number of nitrogens with zero attached hydrogens (tertiary/aromatic N) is 2. The van der Waals surface area contributed by atoms with Crippen molar-refractivity contribution in [2.75, 3.05) is 0 Å². The molecule has 3 N–H and O–H groups in total. The Labute approximate surface area is 126 Å². The summed E-state index contributed by atoms with van der Waals surface area (Å²) in [6, 6.07) is 14.0. The Hall–Kier alpha value is -3.15. The van der Waals surface area contributed by atoms with Gasteiger partial charge in [-0.05, 0) is 42.8 Å². The first-order valence-electron chi connectivity index (χ1n) is 6.72. The Morgan fingerprint density at radius 2 is 1.68 bits per heavy atom. The van der Waals surface area contributed by atoms with Crippen LogP contribution in [0.25, 0.3) is 11.3 Å². The maximum absolute atomic E-state index is 11.9. The standard InChI is InChI=1S/C16H14N4O2/c1-10-4-2-3-5-13(10)17-19-15-14(18-20-16(15)22)11-6-8-12(21)9-7-11/h2-9,21H,1H3,(H2,18,20,22). The Morgan fingerprint density at radius 1 is 0.955 bits per heavy atom. The van der Waals surface area contributed by atoms with E-state index in [4.69, 9.17) is 0 Å². The number of phenolic OH excluding ortho intramolecular Hbond substituents is 1. The summed E-state index contributed by atoms with van der Waals surface area (Å²) >= 11 is 0. The topological polar surface area (TPSA) is 93.6 Å². The highest BCUT2D eigenvalue weighted by Crippen LogP contribution is 2.28. The van der Waals surface area contributed by atoms with Crippen LogP contribution in [0.1, 0.15) is 5.56 Å². The van der Waals surface area contributed by atoms with Gasteiger partial charge >= 0.3 is 0 Å². The van der Waals surface area contributed by atoms with Gasteiger partial charge in [0.15, 0.2) is 5.69 Å². The van der Waals surface area contributed by atoms with Crippen molar-refractivity contribution in [2.45, 2.75) is 6.92 Å². The normalized spacial score (nSPS) is 11.1. The molecule has 3 rings (SSSR count). The van der Waals surface area contributed by atoms with Crippen molar-refractivity contribution in [3.63, 3.8) is 0 Å². The Balaban J connectivity index is 2.01. The quantitative estimate of drug-likeness (QED) is 0.641. The van der Waals surface area contributed by atoms with Crippen LogP contribution in [0.5, 0.6) is 5.75 Å². The molecule has 110 valence electrons. The van der Waals surface area contributed by atoms with E-state index in [0.717, 1.165) is 11.1 Å². The van der Waals surface area contributed by atoms with E-state index in [1.807, 2.05) is 31.2 Å². The van der Waals surface area contributed by atoms with Crippen LogP contribution in [0.15, 0.2) is 63.6 Å². The maximum atomic E-state index is 11.9. The van der Waals surface area contributed by atoms with E-state index in [2.05, 4.69) is 20.4 Å². The van der Waals surface area contributed by atoms with E-state index in [1.54, 1.807) is 24.3 Å². The Kier molecular flexibility index (Phi) is 3.57. The summed E-state index contributed by atoms with van der Waals surface area (Å²) < 4.78 is 0. The van der Waals surface area contributed by atoms with Crippen molar-refractivity contribution < 1.29 is 5.11 Å². The van der Waals surface area contributed by atoms with Gasteiger partial charge in [0.2, 0.25) is 0 Å². The van der Waals surface area contributed by atoms with Crippen molar-refractivity contribution in [2.24, 2.45) is 10.2 Å². The number of rotatable bonds is 3. The number of nitrogens with one attached hydrogen (secondary N) is 2. The molecular formula is C16H14N4O2. The summed E-state index contributed by atoms with van der Waals surface area (Å²) in [4.78, 5) is 11.9. The van der Waals surface area contributed by atoms with E-state index in [-0.39, 0.29) is 17.0 Å². The lowest BCUT2D eigenvalue weighted by Gasteiger charge is -2.00. The zero-order valence-electron chi connectivity index (χ0n) is 11.9. The fourth-order valence-electron chi connectivity index (χ4n) is 2.06. The molecule has 0 fully saturated rings. The summed E-state index contributed by atoms with van der Waals surface area (Å²) in [5.74, 6) is 0.157. The summed E-state index contributed by atoms with van der Waals surface area (Å²) in [7, 11) is 0. The Bertz CT molecular complexity index is 876. The lowest BCUT2D eigenvalue weighted by molar-refractivity contribution is 0.475. The van der Waals surface area contributed by atoms with Gasteiger partial charge in [-0.3, -0.25) is 15.0 Å². The molecule has 0 aliphatic rings. The molecule has 1 aromatic heterocycles. The lowest BCUT2D eigenvalue weighted by atomic mass is 10.1. The summed E-state index contributed by atoms with van der Waals surface area (Å²) in [6.45, 7) is 1.93. The molecule has 0 saturated heterocycles. The first-order valence-corrected chi connectivity index (χ1v) is 6.72.